The standard InChI is InChI=1S/C18H25N5O/c1-2-22-8-7-16-15(11-22)23(9-10-24-16)12-17-20-14-6-4-3-5-13(14)18(19)21-17/h3-6,15-16H,2,7-12H2,1H3,(H2,19,20,21)/t15-,16+/m0/s1. The highest BCUT2D eigenvalue weighted by atomic mass is 16.5. The Labute approximate surface area is 142 Å². The normalized spacial score (nSPS) is 25.7. The van der Waals surface area contributed by atoms with Gasteiger partial charge in [-0.1, -0.05) is 19.1 Å². The Morgan fingerprint density at radius 2 is 2.12 bits per heavy atom. The number of rotatable bonds is 3. The van der Waals surface area contributed by atoms with Crippen molar-refractivity contribution in [3.05, 3.63) is 30.1 Å². The number of likely N-dealkylation sites (N-methyl/N-ethyl adjacent to an activating group) is 1. The third-order valence-corrected chi connectivity index (χ3v) is 5.25. The summed E-state index contributed by atoms with van der Waals surface area (Å²) in [5, 5.41) is 0.927. The molecule has 6 nitrogen and oxygen atoms in total. The van der Waals surface area contributed by atoms with E-state index in [-0.39, 0.29) is 0 Å². The Morgan fingerprint density at radius 1 is 1.25 bits per heavy atom. The maximum atomic E-state index is 6.13. The quantitative estimate of drug-likeness (QED) is 0.922. The molecule has 2 aliphatic heterocycles. The van der Waals surface area contributed by atoms with Crippen molar-refractivity contribution in [3.63, 3.8) is 0 Å². The van der Waals surface area contributed by atoms with Crippen molar-refractivity contribution in [3.8, 4) is 0 Å². The van der Waals surface area contributed by atoms with Gasteiger partial charge in [0.25, 0.3) is 0 Å². The summed E-state index contributed by atoms with van der Waals surface area (Å²) in [4.78, 5) is 14.2. The van der Waals surface area contributed by atoms with Crippen LogP contribution in [0, 0.1) is 0 Å². The van der Waals surface area contributed by atoms with Gasteiger partial charge in [-0.05, 0) is 25.1 Å². The van der Waals surface area contributed by atoms with Crippen molar-refractivity contribution in [1.29, 1.82) is 0 Å². The molecule has 24 heavy (non-hydrogen) atoms. The van der Waals surface area contributed by atoms with Gasteiger partial charge in [0, 0.05) is 31.1 Å². The second-order valence-corrected chi connectivity index (χ2v) is 6.67. The number of aromatic nitrogens is 2. The van der Waals surface area contributed by atoms with Crippen molar-refractivity contribution < 1.29 is 4.74 Å². The van der Waals surface area contributed by atoms with Gasteiger partial charge in [-0.2, -0.15) is 0 Å². The Morgan fingerprint density at radius 3 is 3.00 bits per heavy atom. The summed E-state index contributed by atoms with van der Waals surface area (Å²) >= 11 is 0. The number of para-hydroxylation sites is 1. The Bertz CT molecular complexity index is 722. The Balaban J connectivity index is 1.57. The Hall–Kier alpha value is -1.76. The molecule has 128 valence electrons. The van der Waals surface area contributed by atoms with Gasteiger partial charge in [-0.15, -0.1) is 0 Å². The highest BCUT2D eigenvalue weighted by Gasteiger charge is 2.36. The maximum Gasteiger partial charge on any atom is 0.145 e. The molecule has 2 aromatic rings. The Kier molecular flexibility index (Phi) is 4.35. The summed E-state index contributed by atoms with van der Waals surface area (Å²) in [7, 11) is 0. The van der Waals surface area contributed by atoms with Crippen LogP contribution in [0.1, 0.15) is 19.2 Å². The average molecular weight is 327 g/mol. The molecule has 1 aromatic heterocycles. The van der Waals surface area contributed by atoms with Crippen LogP contribution in [0.4, 0.5) is 5.82 Å². The van der Waals surface area contributed by atoms with Gasteiger partial charge < -0.3 is 15.4 Å². The molecule has 0 aliphatic carbocycles. The van der Waals surface area contributed by atoms with E-state index in [2.05, 4.69) is 21.7 Å². The highest BCUT2D eigenvalue weighted by Crippen LogP contribution is 2.25. The molecular formula is C18H25N5O. The number of anilines is 1. The SMILES string of the molecule is CCN1CC[C@H]2OCCN(Cc3nc(N)c4ccccc4n3)[C@H]2C1. The smallest absolute Gasteiger partial charge is 0.145 e. The van der Waals surface area contributed by atoms with E-state index in [0.717, 1.165) is 62.5 Å². The monoisotopic (exact) mass is 327 g/mol. The van der Waals surface area contributed by atoms with Crippen molar-refractivity contribution in [2.75, 3.05) is 38.5 Å². The second kappa shape index (κ2) is 6.63. The van der Waals surface area contributed by atoms with Crippen LogP contribution < -0.4 is 5.73 Å². The van der Waals surface area contributed by atoms with Crippen LogP contribution in [0.2, 0.25) is 0 Å². The van der Waals surface area contributed by atoms with E-state index in [0.29, 0.717) is 18.0 Å². The van der Waals surface area contributed by atoms with E-state index in [4.69, 9.17) is 15.5 Å². The van der Waals surface area contributed by atoms with Gasteiger partial charge >= 0.3 is 0 Å². The van der Waals surface area contributed by atoms with Gasteiger partial charge in [0.2, 0.25) is 0 Å². The number of ether oxygens (including phenoxy) is 1. The van der Waals surface area contributed by atoms with Crippen LogP contribution in [0.15, 0.2) is 24.3 Å². The molecule has 0 amide bonds. The van der Waals surface area contributed by atoms with Crippen molar-refractivity contribution >= 4 is 16.7 Å². The van der Waals surface area contributed by atoms with Crippen molar-refractivity contribution in [2.45, 2.75) is 32.0 Å². The molecule has 6 heteroatoms. The van der Waals surface area contributed by atoms with Crippen LogP contribution in [-0.4, -0.2) is 64.7 Å². The first-order valence-corrected chi connectivity index (χ1v) is 8.83. The molecule has 2 saturated heterocycles. The fourth-order valence-corrected chi connectivity index (χ4v) is 3.89. The molecular weight excluding hydrogens is 302 g/mol. The summed E-state index contributed by atoms with van der Waals surface area (Å²) in [6.45, 7) is 7.95. The lowest BCUT2D eigenvalue weighted by molar-refractivity contribution is -0.106. The maximum absolute atomic E-state index is 6.13. The minimum atomic E-state index is 0.333. The topological polar surface area (TPSA) is 67.5 Å². The number of benzene rings is 1. The first-order chi connectivity index (χ1) is 11.7. The summed E-state index contributed by atoms with van der Waals surface area (Å²) in [5.41, 5.74) is 7.06. The van der Waals surface area contributed by atoms with Crippen LogP contribution in [-0.2, 0) is 11.3 Å². The first-order valence-electron chi connectivity index (χ1n) is 8.83. The van der Waals surface area contributed by atoms with Gasteiger partial charge in [-0.25, -0.2) is 9.97 Å². The largest absolute Gasteiger partial charge is 0.383 e. The van der Waals surface area contributed by atoms with E-state index in [9.17, 15) is 0 Å². The zero-order valence-electron chi connectivity index (χ0n) is 14.2. The number of fused-ring (bicyclic) bond motifs is 2. The molecule has 0 unspecified atom stereocenters. The van der Waals surface area contributed by atoms with E-state index < -0.39 is 0 Å². The van der Waals surface area contributed by atoms with Crippen LogP contribution in [0.25, 0.3) is 10.9 Å². The van der Waals surface area contributed by atoms with Crippen molar-refractivity contribution in [2.24, 2.45) is 0 Å². The number of nitrogens with zero attached hydrogens (tertiary/aromatic N) is 4. The fraction of sp³-hybridized carbons (Fsp3) is 0.556. The van der Waals surface area contributed by atoms with Crippen LogP contribution >= 0.6 is 0 Å². The predicted octanol–water partition coefficient (Wildman–Crippen LogP) is 1.51. The third kappa shape index (κ3) is 2.97. The molecule has 4 rings (SSSR count). The summed E-state index contributed by atoms with van der Waals surface area (Å²) in [6, 6.07) is 8.35. The minimum Gasteiger partial charge on any atom is -0.383 e. The molecule has 1 aromatic carbocycles. The minimum absolute atomic E-state index is 0.333. The number of likely N-dealkylation sites (tertiary alicyclic amines) is 1. The zero-order valence-corrected chi connectivity index (χ0v) is 14.2. The van der Waals surface area contributed by atoms with Crippen LogP contribution in [0.3, 0.4) is 0 Å². The molecule has 0 saturated carbocycles. The summed E-state index contributed by atoms with van der Waals surface area (Å²) in [5.74, 6) is 1.37. The molecule has 0 spiro atoms. The van der Waals surface area contributed by atoms with Gasteiger partial charge in [0.05, 0.1) is 24.8 Å². The molecule has 2 aliphatic rings. The van der Waals surface area contributed by atoms with E-state index in [1.807, 2.05) is 24.3 Å². The average Bonchev–Trinajstić information content (AvgIpc) is 2.62. The number of hydrogen-bond acceptors (Lipinski definition) is 6. The number of nitrogen functional groups attached to an aromatic ring is 1. The lowest BCUT2D eigenvalue weighted by atomic mass is 9.98. The number of hydrogen-bond donors (Lipinski definition) is 1. The van der Waals surface area contributed by atoms with E-state index >= 15 is 0 Å². The number of piperidine rings is 1. The van der Waals surface area contributed by atoms with Gasteiger partial charge in [0.1, 0.15) is 11.6 Å². The molecule has 2 N–H and O–H groups in total. The summed E-state index contributed by atoms with van der Waals surface area (Å²) < 4.78 is 6.00. The van der Waals surface area contributed by atoms with Gasteiger partial charge in [0.15, 0.2) is 0 Å². The zero-order chi connectivity index (χ0) is 16.5. The fourth-order valence-electron chi connectivity index (χ4n) is 3.89. The molecule has 3 heterocycles. The predicted molar refractivity (Wildman–Crippen MR) is 94.6 cm³/mol. The molecule has 0 bridgehead atoms. The van der Waals surface area contributed by atoms with Gasteiger partial charge in [-0.3, -0.25) is 4.90 Å². The number of nitrogens with two attached hydrogens (primary N) is 1. The molecule has 2 atom stereocenters. The van der Waals surface area contributed by atoms with E-state index in [1.165, 1.54) is 0 Å². The summed E-state index contributed by atoms with van der Waals surface area (Å²) in [6.07, 6.45) is 1.44. The molecule has 0 radical (unpaired) electrons. The first kappa shape index (κ1) is 15.7. The molecule has 2 fully saturated rings. The van der Waals surface area contributed by atoms with Crippen LogP contribution in [0.5, 0.6) is 0 Å². The number of morpholine rings is 1. The van der Waals surface area contributed by atoms with Crippen molar-refractivity contribution in [1.82, 2.24) is 19.8 Å². The van der Waals surface area contributed by atoms with E-state index in [1.54, 1.807) is 0 Å². The lowest BCUT2D eigenvalue weighted by Gasteiger charge is -2.46. The lowest BCUT2D eigenvalue weighted by Crippen LogP contribution is -2.59. The second-order valence-electron chi connectivity index (χ2n) is 6.67. The third-order valence-electron chi connectivity index (χ3n) is 5.25. The highest BCUT2D eigenvalue weighted by molar-refractivity contribution is 5.87.